The molecule has 3 rings (SSSR count). The number of phenolic OH excluding ortho intramolecular Hbond substituents is 1. The maximum absolute atomic E-state index is 13.9. The molecule has 0 saturated heterocycles. The molecule has 0 bridgehead atoms. The normalized spacial score (nSPS) is 13.4. The molecule has 0 unspecified atom stereocenters. The zero-order valence-electron chi connectivity index (χ0n) is 24.1. The number of aromatic hydroxyl groups is 1. The number of halogens is 7. The molecule has 3 aromatic rings. The summed E-state index contributed by atoms with van der Waals surface area (Å²) in [5, 5.41) is 29.1. The second-order valence-corrected chi connectivity index (χ2v) is 11.3. The number of azo groups is 1. The third-order valence-electron chi connectivity index (χ3n) is 6.61. The Morgan fingerprint density at radius 2 is 1.47 bits per heavy atom. The number of rotatable bonds is 13. The molecule has 0 saturated carbocycles. The van der Waals surface area contributed by atoms with Crippen molar-refractivity contribution in [2.45, 2.75) is 74.8 Å². The van der Waals surface area contributed by atoms with Crippen LogP contribution in [0, 0.1) is 0 Å². The second kappa shape index (κ2) is 15.2. The number of aryl methyl sites for hydroxylation is 1. The Labute approximate surface area is 276 Å². The van der Waals surface area contributed by atoms with E-state index in [9.17, 15) is 53.9 Å². The molecule has 0 aliphatic rings. The maximum atomic E-state index is 13.9. The van der Waals surface area contributed by atoms with Crippen molar-refractivity contribution >= 4 is 43.9 Å². The summed E-state index contributed by atoms with van der Waals surface area (Å²) in [6.07, 6.45) is 0.723. The van der Waals surface area contributed by atoms with Gasteiger partial charge in [0.1, 0.15) is 10.6 Å². The van der Waals surface area contributed by atoms with Crippen LogP contribution >= 0.6 is 0 Å². The largest absolute Gasteiger partial charge is 1.00 e. The van der Waals surface area contributed by atoms with Crippen molar-refractivity contribution in [3.63, 3.8) is 0 Å². The van der Waals surface area contributed by atoms with Gasteiger partial charge in [-0.2, -0.15) is 44.3 Å². The van der Waals surface area contributed by atoms with Crippen LogP contribution in [0.1, 0.15) is 51.0 Å². The average molecular weight is 674 g/mol. The van der Waals surface area contributed by atoms with E-state index in [0.717, 1.165) is 49.8 Å². The molecule has 0 aliphatic carbocycles. The third-order valence-corrected chi connectivity index (χ3v) is 7.48. The first-order valence-electron chi connectivity index (χ1n) is 13.3. The molecule has 0 spiro atoms. The van der Waals surface area contributed by atoms with Crippen LogP contribution in [0.15, 0.2) is 68.6 Å². The van der Waals surface area contributed by atoms with Gasteiger partial charge in [-0.1, -0.05) is 63.3 Å². The van der Waals surface area contributed by atoms with Gasteiger partial charge in [0.15, 0.2) is 5.75 Å². The summed E-state index contributed by atoms with van der Waals surface area (Å²) in [7, 11) is -5.25. The van der Waals surface area contributed by atoms with Crippen molar-refractivity contribution in [1.29, 1.82) is 0 Å². The summed E-state index contributed by atoms with van der Waals surface area (Å²) in [5.41, 5.74) is -0.584. The van der Waals surface area contributed by atoms with Gasteiger partial charge >= 0.3 is 47.6 Å². The summed E-state index contributed by atoms with van der Waals surface area (Å²) in [4.78, 5) is 1.52. The average Bonchev–Trinajstić information content (AvgIpc) is 2.94. The van der Waals surface area contributed by atoms with Crippen molar-refractivity contribution in [3.8, 4) is 5.75 Å². The van der Waals surface area contributed by atoms with Crippen LogP contribution in [-0.2, 0) is 16.5 Å². The van der Waals surface area contributed by atoms with Crippen molar-refractivity contribution in [1.82, 2.24) is 0 Å². The topological polar surface area (TPSA) is 135 Å². The van der Waals surface area contributed by atoms with Gasteiger partial charge in [0.2, 0.25) is 0 Å². The number of fused-ring (bicyclic) bond motifs is 1. The number of unbranched alkanes of at least 4 members (excludes halogenated alkanes) is 5. The molecule has 0 aromatic heterocycles. The summed E-state index contributed by atoms with van der Waals surface area (Å²) in [6.45, 7) is 2.13. The molecule has 8 nitrogen and oxygen atoms in total. The molecule has 17 heteroatoms. The fourth-order valence-corrected chi connectivity index (χ4v) is 4.83. The van der Waals surface area contributed by atoms with Gasteiger partial charge in [0, 0.05) is 16.7 Å². The third kappa shape index (κ3) is 8.93. The number of nitrogens with zero attached hydrogens (tertiary/aromatic N) is 3. The summed E-state index contributed by atoms with van der Waals surface area (Å²) in [5.74, 6) is -17.3. The Kier molecular flexibility index (Phi) is 13.0. The van der Waals surface area contributed by atoms with E-state index in [4.69, 9.17) is 0 Å². The van der Waals surface area contributed by atoms with Gasteiger partial charge in [0.25, 0.3) is 10.1 Å². The standard InChI is InChI=1S/C28H28F7N3O5S.Na/c1-2-3-4-5-6-7-9-17-12-14-18(15-13-17)37-38-23-22(44(41,42)43)16-20-19(24(23)39)10-8-11-21(20)36-25(40)26(29,30)27(31,32)28(33,34)35;/h8,10-16,39H,2-7,9H2,1H3,(H,36,40)(H,41,42,43);/q;+1/p-1. The molecule has 2 N–H and O–H groups in total. The van der Waals surface area contributed by atoms with Crippen LogP contribution in [0.5, 0.6) is 5.75 Å². The predicted molar refractivity (Wildman–Crippen MR) is 146 cm³/mol. The molecule has 0 radical (unpaired) electrons. The van der Waals surface area contributed by atoms with Gasteiger partial charge in [-0.05, 0) is 42.7 Å². The van der Waals surface area contributed by atoms with Crippen molar-refractivity contribution in [2.24, 2.45) is 15.2 Å². The first-order valence-corrected chi connectivity index (χ1v) is 14.7. The smallest absolute Gasteiger partial charge is 0.857 e. The van der Waals surface area contributed by atoms with Crippen LogP contribution in [0.4, 0.5) is 47.8 Å². The quantitative estimate of drug-likeness (QED) is 0.0481. The van der Waals surface area contributed by atoms with Gasteiger partial charge in [-0.15, -0.1) is 5.11 Å². The molecular formula is C28H27F7N3NaO5S. The van der Waals surface area contributed by atoms with E-state index in [1.807, 2.05) is 0 Å². The predicted octanol–water partition coefficient (Wildman–Crippen LogP) is 5.34. The van der Waals surface area contributed by atoms with E-state index in [2.05, 4.69) is 22.1 Å². The van der Waals surface area contributed by atoms with E-state index < -0.39 is 66.8 Å². The van der Waals surface area contributed by atoms with Crippen LogP contribution < -0.4 is 34.7 Å². The Balaban J connectivity index is 0.00000705. The molecule has 0 atom stereocenters. The SMILES string of the molecule is CCCCCCCCc1ccc(N=Nc2c(S(=O)(=O)O)cc3c(N=C([O-])C(F)(F)C(F)(F)C(F)(F)F)cccc3c2O)cc1.[Na+]. The van der Waals surface area contributed by atoms with Crippen molar-refractivity contribution in [2.75, 3.05) is 0 Å². The van der Waals surface area contributed by atoms with Gasteiger partial charge < -0.3 is 10.2 Å². The van der Waals surface area contributed by atoms with Crippen molar-refractivity contribution in [3.05, 3.63) is 54.1 Å². The van der Waals surface area contributed by atoms with E-state index in [0.29, 0.717) is 12.1 Å². The monoisotopic (exact) mass is 673 g/mol. The van der Waals surface area contributed by atoms with Gasteiger partial charge in [-0.3, -0.25) is 9.55 Å². The minimum Gasteiger partial charge on any atom is -0.857 e. The molecule has 45 heavy (non-hydrogen) atoms. The first kappa shape index (κ1) is 38.4. The molecule has 0 aliphatic heterocycles. The molecule has 0 amide bonds. The second-order valence-electron chi connectivity index (χ2n) is 9.87. The van der Waals surface area contributed by atoms with E-state index in [1.54, 1.807) is 24.3 Å². The summed E-state index contributed by atoms with van der Waals surface area (Å²) >= 11 is 0. The van der Waals surface area contributed by atoms with Crippen LogP contribution in [0.25, 0.3) is 10.8 Å². The van der Waals surface area contributed by atoms with Crippen molar-refractivity contribution < 1.29 is 83.5 Å². The zero-order valence-corrected chi connectivity index (χ0v) is 26.9. The number of hydrogen-bond donors (Lipinski definition) is 2. The van der Waals surface area contributed by atoms with E-state index in [-0.39, 0.29) is 35.2 Å². The summed E-state index contributed by atoms with van der Waals surface area (Å²) < 4.78 is 126. The van der Waals surface area contributed by atoms with E-state index >= 15 is 0 Å². The molecule has 0 fully saturated rings. The van der Waals surface area contributed by atoms with Crippen LogP contribution in [0.3, 0.4) is 0 Å². The first-order chi connectivity index (χ1) is 20.4. The Morgan fingerprint density at radius 1 is 0.867 bits per heavy atom. The Morgan fingerprint density at radius 3 is 2.04 bits per heavy atom. The van der Waals surface area contributed by atoms with Crippen LogP contribution in [-0.4, -0.2) is 42.0 Å². The van der Waals surface area contributed by atoms with E-state index in [1.165, 1.54) is 12.8 Å². The number of aliphatic imine (C=N–C) groups is 1. The number of hydrogen-bond acceptors (Lipinski definition) is 7. The summed E-state index contributed by atoms with van der Waals surface area (Å²) in [6, 6.07) is 9.94. The fraction of sp³-hybridized carbons (Fsp3) is 0.393. The van der Waals surface area contributed by atoms with Gasteiger partial charge in [-0.25, -0.2) is 0 Å². The Bertz CT molecular complexity index is 1650. The number of alkyl halides is 7. The maximum Gasteiger partial charge on any atom is 1.00 e. The number of benzene rings is 3. The molecule has 3 aromatic carbocycles. The minimum absolute atomic E-state index is 0. The van der Waals surface area contributed by atoms with Gasteiger partial charge in [0.05, 0.1) is 11.4 Å². The molecule has 240 valence electrons. The fourth-order valence-electron chi connectivity index (χ4n) is 4.18. The Hall–Kier alpha value is -2.79. The zero-order chi connectivity index (χ0) is 32.9. The molecule has 0 heterocycles. The van der Waals surface area contributed by atoms with Crippen LogP contribution in [0.2, 0.25) is 0 Å². The number of phenols is 1. The minimum atomic E-state index is -6.80. The molecular weight excluding hydrogens is 646 g/mol.